The van der Waals surface area contributed by atoms with Crippen molar-refractivity contribution in [3.05, 3.63) is 100 Å². The van der Waals surface area contributed by atoms with E-state index in [9.17, 15) is 9.59 Å². The minimum atomic E-state index is -0.216. The molecule has 0 saturated carbocycles. The van der Waals surface area contributed by atoms with Gasteiger partial charge in [-0.3, -0.25) is 9.59 Å². The standard InChI is InChI=1S/C31H33Cl2N3O3/c1-2-3-16-35(31(38)22-39-25-9-5-4-6-10-25)21-30(37)36(20-23-13-14-27(32)28(33)18-23)17-15-24-19-34-29-12-8-7-11-26(24)29/h4-14,18-19,34H,2-3,15-17,20-22H2,1H3. The number of nitrogens with one attached hydrogen (secondary N) is 1. The van der Waals surface area contributed by atoms with Crippen molar-refractivity contribution in [1.82, 2.24) is 14.8 Å². The largest absolute Gasteiger partial charge is 0.484 e. The molecular formula is C31H33Cl2N3O3. The maximum absolute atomic E-state index is 13.7. The Morgan fingerprint density at radius 3 is 2.41 bits per heavy atom. The van der Waals surface area contributed by atoms with Gasteiger partial charge in [0.05, 0.1) is 16.6 Å². The number of unbranched alkanes of at least 4 members (excludes halogenated alkanes) is 1. The summed E-state index contributed by atoms with van der Waals surface area (Å²) in [6.45, 7) is 3.24. The monoisotopic (exact) mass is 565 g/mol. The van der Waals surface area contributed by atoms with Crippen molar-refractivity contribution in [3.8, 4) is 5.75 Å². The first-order chi connectivity index (χ1) is 18.9. The number of halogens is 2. The Morgan fingerprint density at radius 1 is 0.872 bits per heavy atom. The van der Waals surface area contributed by atoms with Crippen LogP contribution >= 0.6 is 23.2 Å². The maximum Gasteiger partial charge on any atom is 0.260 e. The van der Waals surface area contributed by atoms with E-state index in [-0.39, 0.29) is 25.0 Å². The number of aromatic nitrogens is 1. The number of benzene rings is 3. The summed E-state index contributed by atoms with van der Waals surface area (Å²) in [5.74, 6) is 0.268. The minimum Gasteiger partial charge on any atom is -0.484 e. The Kier molecular flexibility index (Phi) is 10.3. The van der Waals surface area contributed by atoms with E-state index < -0.39 is 0 Å². The van der Waals surface area contributed by atoms with Crippen LogP contribution in [0.5, 0.6) is 5.75 Å². The number of aromatic amines is 1. The Morgan fingerprint density at radius 2 is 1.64 bits per heavy atom. The van der Waals surface area contributed by atoms with E-state index in [2.05, 4.69) is 18.0 Å². The lowest BCUT2D eigenvalue weighted by atomic mass is 10.1. The summed E-state index contributed by atoms with van der Waals surface area (Å²) >= 11 is 12.4. The molecule has 1 aromatic heterocycles. The topological polar surface area (TPSA) is 65.6 Å². The molecule has 0 spiro atoms. The predicted octanol–water partition coefficient (Wildman–Crippen LogP) is 6.75. The lowest BCUT2D eigenvalue weighted by Crippen LogP contribution is -2.45. The normalized spacial score (nSPS) is 10.9. The van der Waals surface area contributed by atoms with Crippen molar-refractivity contribution in [2.75, 3.05) is 26.2 Å². The van der Waals surface area contributed by atoms with Crippen LogP contribution in [0.3, 0.4) is 0 Å². The summed E-state index contributed by atoms with van der Waals surface area (Å²) in [5.41, 5.74) is 3.06. The molecule has 4 aromatic rings. The molecule has 0 aliphatic heterocycles. The molecular weight excluding hydrogens is 533 g/mol. The van der Waals surface area contributed by atoms with Gasteiger partial charge in [-0.15, -0.1) is 0 Å². The van der Waals surface area contributed by atoms with Gasteiger partial charge in [0.25, 0.3) is 5.91 Å². The van der Waals surface area contributed by atoms with Gasteiger partial charge in [0.1, 0.15) is 5.75 Å². The van der Waals surface area contributed by atoms with E-state index in [1.165, 1.54) is 0 Å². The fourth-order valence-electron chi connectivity index (χ4n) is 4.40. The molecule has 204 valence electrons. The van der Waals surface area contributed by atoms with E-state index in [1.54, 1.807) is 34.1 Å². The SMILES string of the molecule is CCCCN(CC(=O)N(CCc1c[nH]c2ccccc12)Cc1ccc(Cl)c(Cl)c1)C(=O)COc1ccccc1. The zero-order valence-corrected chi connectivity index (χ0v) is 23.5. The number of carbonyl (C=O) groups excluding carboxylic acids is 2. The number of para-hydroxylation sites is 2. The van der Waals surface area contributed by atoms with Crippen molar-refractivity contribution in [2.24, 2.45) is 0 Å². The van der Waals surface area contributed by atoms with Gasteiger partial charge in [-0.25, -0.2) is 0 Å². The fourth-order valence-corrected chi connectivity index (χ4v) is 4.72. The number of rotatable bonds is 13. The summed E-state index contributed by atoms with van der Waals surface area (Å²) in [6, 6.07) is 22.7. The van der Waals surface area contributed by atoms with E-state index in [4.69, 9.17) is 27.9 Å². The Balaban J connectivity index is 1.49. The van der Waals surface area contributed by atoms with Crippen LogP contribution in [0.4, 0.5) is 0 Å². The van der Waals surface area contributed by atoms with Crippen LogP contribution in [0.15, 0.2) is 79.0 Å². The van der Waals surface area contributed by atoms with Crippen LogP contribution in [-0.4, -0.2) is 52.8 Å². The highest BCUT2D eigenvalue weighted by molar-refractivity contribution is 6.42. The van der Waals surface area contributed by atoms with Crippen molar-refractivity contribution in [2.45, 2.75) is 32.7 Å². The Hall–Kier alpha value is -3.48. The van der Waals surface area contributed by atoms with Gasteiger partial charge in [0.2, 0.25) is 5.91 Å². The average Bonchev–Trinajstić information content (AvgIpc) is 3.37. The second kappa shape index (κ2) is 14.1. The molecule has 1 heterocycles. The molecule has 0 bridgehead atoms. The minimum absolute atomic E-state index is 0.0216. The number of H-pyrrole nitrogens is 1. The lowest BCUT2D eigenvalue weighted by molar-refractivity contribution is -0.142. The molecule has 8 heteroatoms. The third-order valence-corrected chi connectivity index (χ3v) is 7.34. The first-order valence-corrected chi connectivity index (χ1v) is 13.9. The van der Waals surface area contributed by atoms with Crippen LogP contribution in [0, 0.1) is 0 Å². The van der Waals surface area contributed by atoms with Crippen LogP contribution in [0.25, 0.3) is 10.9 Å². The second-order valence-electron chi connectivity index (χ2n) is 9.44. The Labute approximate surface area is 239 Å². The lowest BCUT2D eigenvalue weighted by Gasteiger charge is -2.28. The summed E-state index contributed by atoms with van der Waals surface area (Å²) in [4.78, 5) is 33.5. The van der Waals surface area contributed by atoms with Crippen LogP contribution in [0.2, 0.25) is 10.0 Å². The second-order valence-corrected chi connectivity index (χ2v) is 10.3. The third kappa shape index (κ3) is 8.01. The molecule has 39 heavy (non-hydrogen) atoms. The highest BCUT2D eigenvalue weighted by atomic mass is 35.5. The smallest absolute Gasteiger partial charge is 0.260 e. The summed E-state index contributed by atoms with van der Waals surface area (Å²) in [7, 11) is 0. The molecule has 0 aliphatic carbocycles. The van der Waals surface area contributed by atoms with Crippen molar-refractivity contribution in [1.29, 1.82) is 0 Å². The van der Waals surface area contributed by atoms with Gasteiger partial charge >= 0.3 is 0 Å². The molecule has 0 aliphatic rings. The molecule has 6 nitrogen and oxygen atoms in total. The summed E-state index contributed by atoms with van der Waals surface area (Å²) in [5, 5.41) is 2.04. The zero-order valence-electron chi connectivity index (χ0n) is 22.0. The number of amides is 2. The first kappa shape index (κ1) is 28.5. The molecule has 0 fully saturated rings. The number of nitrogens with zero attached hydrogens (tertiary/aromatic N) is 2. The molecule has 2 amide bonds. The fraction of sp³-hybridized carbons (Fsp3) is 0.290. The molecule has 0 unspecified atom stereocenters. The zero-order chi connectivity index (χ0) is 27.6. The highest BCUT2D eigenvalue weighted by Gasteiger charge is 2.22. The Bertz CT molecular complexity index is 1390. The molecule has 0 atom stereocenters. The van der Waals surface area contributed by atoms with Gasteiger partial charge in [0.15, 0.2) is 6.61 Å². The number of ether oxygens (including phenoxy) is 1. The third-order valence-electron chi connectivity index (χ3n) is 6.60. The van der Waals surface area contributed by atoms with E-state index >= 15 is 0 Å². The average molecular weight is 567 g/mol. The van der Waals surface area contributed by atoms with Crippen LogP contribution in [-0.2, 0) is 22.6 Å². The number of hydrogen-bond donors (Lipinski definition) is 1. The van der Waals surface area contributed by atoms with Gasteiger partial charge in [-0.1, -0.05) is 79.0 Å². The van der Waals surface area contributed by atoms with Gasteiger partial charge in [-0.2, -0.15) is 0 Å². The van der Waals surface area contributed by atoms with E-state index in [0.29, 0.717) is 41.8 Å². The number of fused-ring (bicyclic) bond motifs is 1. The van der Waals surface area contributed by atoms with Crippen LogP contribution in [0.1, 0.15) is 30.9 Å². The number of carbonyl (C=O) groups is 2. The molecule has 0 saturated heterocycles. The predicted molar refractivity (Wildman–Crippen MR) is 157 cm³/mol. The molecule has 0 radical (unpaired) electrons. The van der Waals surface area contributed by atoms with Gasteiger partial charge in [0, 0.05) is 36.7 Å². The summed E-state index contributed by atoms with van der Waals surface area (Å²) in [6.07, 6.45) is 4.36. The summed E-state index contributed by atoms with van der Waals surface area (Å²) < 4.78 is 5.68. The van der Waals surface area contributed by atoms with Crippen molar-refractivity contribution < 1.29 is 14.3 Å². The van der Waals surface area contributed by atoms with Gasteiger partial charge < -0.3 is 19.5 Å². The molecule has 1 N–H and O–H groups in total. The highest BCUT2D eigenvalue weighted by Crippen LogP contribution is 2.24. The first-order valence-electron chi connectivity index (χ1n) is 13.2. The molecule has 4 rings (SSSR count). The quantitative estimate of drug-likeness (QED) is 0.195. The van der Waals surface area contributed by atoms with Gasteiger partial charge in [-0.05, 0) is 54.3 Å². The van der Waals surface area contributed by atoms with E-state index in [1.807, 2.05) is 48.7 Å². The molecule has 3 aromatic carbocycles. The van der Waals surface area contributed by atoms with Crippen LogP contribution < -0.4 is 4.74 Å². The maximum atomic E-state index is 13.7. The van der Waals surface area contributed by atoms with Crippen molar-refractivity contribution in [3.63, 3.8) is 0 Å². The number of hydrogen-bond acceptors (Lipinski definition) is 3. The van der Waals surface area contributed by atoms with E-state index in [0.717, 1.165) is 34.9 Å². The van der Waals surface area contributed by atoms with Crippen molar-refractivity contribution >= 4 is 45.9 Å².